The van der Waals surface area contributed by atoms with Crippen LogP contribution in [0.2, 0.25) is 0 Å². The van der Waals surface area contributed by atoms with E-state index in [2.05, 4.69) is 59.4 Å². The van der Waals surface area contributed by atoms with Crippen LogP contribution < -0.4 is 15.4 Å². The van der Waals surface area contributed by atoms with Crippen LogP contribution in [-0.2, 0) is 6.54 Å². The van der Waals surface area contributed by atoms with Crippen molar-refractivity contribution in [3.05, 3.63) is 29.3 Å². The van der Waals surface area contributed by atoms with Gasteiger partial charge in [-0.3, -0.25) is 4.90 Å². The lowest BCUT2D eigenvalue weighted by atomic mass is 10.1. The first-order chi connectivity index (χ1) is 14.2. The summed E-state index contributed by atoms with van der Waals surface area (Å²) in [6.45, 7) is 16.6. The number of aryl methyl sites for hydroxylation is 1. The number of hydrogen-bond donors (Lipinski definition) is 2. The fourth-order valence-electron chi connectivity index (χ4n) is 3.59. The number of hydrogen-bond acceptors (Lipinski definition) is 4. The van der Waals surface area contributed by atoms with Crippen LogP contribution in [-0.4, -0.2) is 74.7 Å². The highest BCUT2D eigenvalue weighted by Crippen LogP contribution is 2.30. The minimum absolute atomic E-state index is 0. The summed E-state index contributed by atoms with van der Waals surface area (Å²) >= 11 is 0. The van der Waals surface area contributed by atoms with Gasteiger partial charge in [0.2, 0.25) is 0 Å². The summed E-state index contributed by atoms with van der Waals surface area (Å²) in [4.78, 5) is 9.86. The standard InChI is InChI=1S/C23H39N5O.HI/c1-4-24-23(25-10-11-28-14-12-27(5-2)13-15-28)26-17-21-9-6-19(3)16-22(21)29-18-20-7-8-20;/h6,9,16,20H,4-5,7-8,10-15,17-18H2,1-3H3,(H2,24,25,26);1H. The monoisotopic (exact) mass is 529 g/mol. The average Bonchev–Trinajstić information content (AvgIpc) is 3.56. The molecular weight excluding hydrogens is 489 g/mol. The minimum Gasteiger partial charge on any atom is -0.493 e. The predicted octanol–water partition coefficient (Wildman–Crippen LogP) is 3.09. The molecule has 30 heavy (non-hydrogen) atoms. The zero-order chi connectivity index (χ0) is 20.5. The van der Waals surface area contributed by atoms with Gasteiger partial charge in [0, 0.05) is 51.4 Å². The second-order valence-electron chi connectivity index (χ2n) is 8.26. The number of halogens is 1. The molecule has 0 radical (unpaired) electrons. The molecule has 7 heteroatoms. The van der Waals surface area contributed by atoms with Crippen LogP contribution in [0.15, 0.2) is 23.2 Å². The summed E-state index contributed by atoms with van der Waals surface area (Å²) < 4.78 is 6.09. The molecule has 2 aliphatic rings. The summed E-state index contributed by atoms with van der Waals surface area (Å²) in [5, 5.41) is 6.87. The molecule has 0 atom stereocenters. The van der Waals surface area contributed by atoms with Crippen molar-refractivity contribution in [3.8, 4) is 5.75 Å². The van der Waals surface area contributed by atoms with Gasteiger partial charge < -0.3 is 20.3 Å². The Morgan fingerprint density at radius 1 is 1.10 bits per heavy atom. The van der Waals surface area contributed by atoms with Gasteiger partial charge in [-0.05, 0) is 50.8 Å². The molecule has 1 aromatic rings. The number of nitrogens with zero attached hydrogens (tertiary/aromatic N) is 3. The maximum absolute atomic E-state index is 6.09. The first-order valence-corrected chi connectivity index (χ1v) is 11.4. The van der Waals surface area contributed by atoms with Crippen molar-refractivity contribution in [3.63, 3.8) is 0 Å². The van der Waals surface area contributed by atoms with Gasteiger partial charge >= 0.3 is 0 Å². The number of nitrogens with one attached hydrogen (secondary N) is 2. The number of aliphatic imine (C=N–C) groups is 1. The Hall–Kier alpha value is -1.06. The van der Waals surface area contributed by atoms with E-state index in [-0.39, 0.29) is 24.0 Å². The van der Waals surface area contributed by atoms with Crippen molar-refractivity contribution < 1.29 is 4.74 Å². The topological polar surface area (TPSA) is 52.1 Å². The van der Waals surface area contributed by atoms with Crippen molar-refractivity contribution in [1.29, 1.82) is 0 Å². The highest BCUT2D eigenvalue weighted by atomic mass is 127. The highest BCUT2D eigenvalue weighted by Gasteiger charge is 2.22. The minimum atomic E-state index is 0. The number of benzene rings is 1. The zero-order valence-corrected chi connectivity index (χ0v) is 21.3. The van der Waals surface area contributed by atoms with Gasteiger partial charge in [-0.2, -0.15) is 0 Å². The quantitative estimate of drug-likeness (QED) is 0.277. The summed E-state index contributed by atoms with van der Waals surface area (Å²) in [6.07, 6.45) is 2.61. The summed E-state index contributed by atoms with van der Waals surface area (Å²) in [7, 11) is 0. The van der Waals surface area contributed by atoms with Crippen molar-refractivity contribution >= 4 is 29.9 Å². The van der Waals surface area contributed by atoms with Crippen molar-refractivity contribution in [2.75, 3.05) is 59.0 Å². The van der Waals surface area contributed by atoms with Crippen molar-refractivity contribution in [2.45, 2.75) is 40.2 Å². The zero-order valence-electron chi connectivity index (χ0n) is 19.0. The first kappa shape index (κ1) is 25.2. The average molecular weight is 530 g/mol. The van der Waals surface area contributed by atoms with E-state index in [9.17, 15) is 0 Å². The second-order valence-corrected chi connectivity index (χ2v) is 8.26. The van der Waals surface area contributed by atoms with Gasteiger partial charge in [0.15, 0.2) is 5.96 Å². The number of rotatable bonds is 10. The third-order valence-electron chi connectivity index (χ3n) is 5.78. The van der Waals surface area contributed by atoms with Crippen molar-refractivity contribution in [1.82, 2.24) is 20.4 Å². The van der Waals surface area contributed by atoms with Gasteiger partial charge in [0.1, 0.15) is 5.75 Å². The third kappa shape index (κ3) is 8.59. The molecule has 1 saturated heterocycles. The Labute approximate surface area is 199 Å². The largest absolute Gasteiger partial charge is 0.493 e. The van der Waals surface area contributed by atoms with E-state index in [1.807, 2.05) is 0 Å². The van der Waals surface area contributed by atoms with Crippen LogP contribution in [0.1, 0.15) is 37.8 Å². The molecule has 1 heterocycles. The van der Waals surface area contributed by atoms with E-state index in [4.69, 9.17) is 9.73 Å². The van der Waals surface area contributed by atoms with Crippen LogP contribution in [0.3, 0.4) is 0 Å². The summed E-state index contributed by atoms with van der Waals surface area (Å²) in [5.41, 5.74) is 2.39. The Kier molecular flexibility index (Phi) is 11.2. The van der Waals surface area contributed by atoms with Crippen LogP contribution in [0.25, 0.3) is 0 Å². The Morgan fingerprint density at radius 3 is 2.50 bits per heavy atom. The predicted molar refractivity (Wildman–Crippen MR) is 136 cm³/mol. The van der Waals surface area contributed by atoms with Gasteiger partial charge in [0.05, 0.1) is 13.2 Å². The van der Waals surface area contributed by atoms with Crippen LogP contribution in [0.5, 0.6) is 5.75 Å². The highest BCUT2D eigenvalue weighted by molar-refractivity contribution is 14.0. The molecule has 2 N–H and O–H groups in total. The number of ether oxygens (including phenoxy) is 1. The molecule has 1 aliphatic heterocycles. The lowest BCUT2D eigenvalue weighted by Crippen LogP contribution is -2.49. The van der Waals surface area contributed by atoms with E-state index >= 15 is 0 Å². The molecule has 1 aliphatic carbocycles. The van der Waals surface area contributed by atoms with Crippen LogP contribution >= 0.6 is 24.0 Å². The summed E-state index contributed by atoms with van der Waals surface area (Å²) in [5.74, 6) is 2.63. The van der Waals surface area contributed by atoms with Crippen LogP contribution in [0.4, 0.5) is 0 Å². The molecule has 3 rings (SSSR count). The summed E-state index contributed by atoms with van der Waals surface area (Å²) in [6, 6.07) is 6.44. The van der Waals surface area contributed by atoms with E-state index < -0.39 is 0 Å². The van der Waals surface area contributed by atoms with Crippen molar-refractivity contribution in [2.24, 2.45) is 10.9 Å². The second kappa shape index (κ2) is 13.4. The maximum atomic E-state index is 6.09. The molecule has 1 saturated carbocycles. The van der Waals surface area contributed by atoms with E-state index in [0.717, 1.165) is 69.1 Å². The van der Waals surface area contributed by atoms with Gasteiger partial charge in [-0.25, -0.2) is 4.99 Å². The molecule has 2 fully saturated rings. The Balaban J connectivity index is 0.00000320. The van der Waals surface area contributed by atoms with Gasteiger partial charge in [-0.15, -0.1) is 24.0 Å². The fourth-order valence-corrected chi connectivity index (χ4v) is 3.59. The maximum Gasteiger partial charge on any atom is 0.191 e. The smallest absolute Gasteiger partial charge is 0.191 e. The number of piperazine rings is 1. The molecule has 170 valence electrons. The molecule has 0 bridgehead atoms. The Bertz CT molecular complexity index is 657. The third-order valence-corrected chi connectivity index (χ3v) is 5.78. The van der Waals surface area contributed by atoms with E-state index in [1.165, 1.54) is 31.5 Å². The molecule has 0 unspecified atom stereocenters. The van der Waals surface area contributed by atoms with E-state index in [1.54, 1.807) is 0 Å². The lowest BCUT2D eigenvalue weighted by molar-refractivity contribution is 0.139. The number of likely N-dealkylation sites (N-methyl/N-ethyl adjacent to an activating group) is 1. The molecular formula is C23H40IN5O. The Morgan fingerprint density at radius 2 is 1.83 bits per heavy atom. The molecule has 0 spiro atoms. The fraction of sp³-hybridized carbons (Fsp3) is 0.696. The lowest BCUT2D eigenvalue weighted by Gasteiger charge is -2.34. The molecule has 0 aromatic heterocycles. The number of guanidine groups is 1. The normalized spacial score (nSPS) is 18.0. The van der Waals surface area contributed by atoms with Gasteiger partial charge in [0.25, 0.3) is 0 Å². The van der Waals surface area contributed by atoms with Crippen LogP contribution in [0, 0.1) is 12.8 Å². The molecule has 0 amide bonds. The van der Waals surface area contributed by atoms with Gasteiger partial charge in [-0.1, -0.05) is 19.1 Å². The van der Waals surface area contributed by atoms with E-state index in [0.29, 0.717) is 6.54 Å². The first-order valence-electron chi connectivity index (χ1n) is 11.4. The SMILES string of the molecule is CCNC(=NCc1ccc(C)cc1OCC1CC1)NCCN1CCN(CC)CC1.I. The molecule has 1 aromatic carbocycles. The molecule has 6 nitrogen and oxygen atoms in total.